The summed E-state index contributed by atoms with van der Waals surface area (Å²) in [5, 5.41) is 0. The average Bonchev–Trinajstić information content (AvgIpc) is 2.49. The Kier molecular flexibility index (Phi) is 13.4. The predicted octanol–water partition coefficient (Wildman–Crippen LogP) is 5.86. The van der Waals surface area contributed by atoms with Crippen molar-refractivity contribution in [1.29, 1.82) is 0 Å². The van der Waals surface area contributed by atoms with Gasteiger partial charge in [0.05, 0.1) is 7.85 Å². The van der Waals surface area contributed by atoms with Crippen LogP contribution in [0, 0.1) is 0 Å². The van der Waals surface area contributed by atoms with Crippen LogP contribution in [0.1, 0.15) is 66.2 Å². The van der Waals surface area contributed by atoms with Crippen molar-refractivity contribution < 1.29 is 0 Å². The smallest absolute Gasteiger partial charge is 0.0653 e. The van der Waals surface area contributed by atoms with Gasteiger partial charge in [0.15, 0.2) is 0 Å². The lowest BCUT2D eigenvalue weighted by atomic mass is 9.98. The van der Waals surface area contributed by atoms with E-state index < -0.39 is 0 Å². The molecule has 2 heteroatoms. The lowest BCUT2D eigenvalue weighted by Gasteiger charge is -2.27. The molecule has 1 aromatic carbocycles. The van der Waals surface area contributed by atoms with Gasteiger partial charge in [0.2, 0.25) is 0 Å². The summed E-state index contributed by atoms with van der Waals surface area (Å²) in [5.41, 5.74) is 1.31. The van der Waals surface area contributed by atoms with Crippen LogP contribution in [-0.4, -0.2) is 20.4 Å². The van der Waals surface area contributed by atoms with E-state index in [0.29, 0.717) is 6.04 Å². The predicted molar refractivity (Wildman–Crippen MR) is 98.5 cm³/mol. The van der Waals surface area contributed by atoms with Gasteiger partial charge in [-0.15, -0.1) is 0 Å². The molecule has 118 valence electrons. The van der Waals surface area contributed by atoms with Gasteiger partial charge in [-0.25, -0.2) is 0 Å². The molecule has 1 aromatic rings. The summed E-state index contributed by atoms with van der Waals surface area (Å²) in [6.07, 6.45) is 8.92. The highest BCUT2D eigenvalue weighted by molar-refractivity contribution is 6.08. The zero-order chi connectivity index (χ0) is 15.9. The standard InChI is InChI=1S/C11H17N.C8H17B/c1-4-12(10(2)3)11-8-6-5-7-9-11;1-2-3-4-5-6-7-8-9/h5-10H,4H2,1-3H3;2-8H2,1H3. The maximum Gasteiger partial charge on any atom is 0.0653 e. The van der Waals surface area contributed by atoms with Crippen LogP contribution in [0.2, 0.25) is 6.32 Å². The normalized spacial score (nSPS) is 10.1. The van der Waals surface area contributed by atoms with Gasteiger partial charge in [-0.05, 0) is 32.9 Å². The zero-order valence-electron chi connectivity index (χ0n) is 14.6. The molecule has 0 aliphatic rings. The minimum Gasteiger partial charge on any atom is -0.369 e. The first-order valence-corrected chi connectivity index (χ1v) is 8.69. The number of anilines is 1. The molecule has 0 heterocycles. The van der Waals surface area contributed by atoms with Crippen LogP contribution in [0.4, 0.5) is 5.69 Å². The molecular weight excluding hydrogens is 253 g/mol. The van der Waals surface area contributed by atoms with Gasteiger partial charge in [-0.3, -0.25) is 0 Å². The van der Waals surface area contributed by atoms with E-state index in [2.05, 4.69) is 62.9 Å². The SMILES string of the molecule is CCN(c1ccccc1)C(C)C.[B]CCCCCCCC. The summed E-state index contributed by atoms with van der Waals surface area (Å²) in [4.78, 5) is 2.38. The van der Waals surface area contributed by atoms with E-state index in [9.17, 15) is 0 Å². The molecule has 0 saturated heterocycles. The molecule has 0 aliphatic carbocycles. The highest BCUT2D eigenvalue weighted by Gasteiger charge is 2.05. The lowest BCUT2D eigenvalue weighted by molar-refractivity contribution is 0.624. The molecule has 0 fully saturated rings. The molecule has 1 nitrogen and oxygen atoms in total. The fraction of sp³-hybridized carbons (Fsp3) is 0.684. The third-order valence-corrected chi connectivity index (χ3v) is 3.61. The van der Waals surface area contributed by atoms with E-state index >= 15 is 0 Å². The third-order valence-electron chi connectivity index (χ3n) is 3.61. The maximum absolute atomic E-state index is 5.34. The fourth-order valence-corrected chi connectivity index (χ4v) is 2.39. The Morgan fingerprint density at radius 3 is 1.95 bits per heavy atom. The molecule has 0 atom stereocenters. The van der Waals surface area contributed by atoms with Gasteiger partial charge in [0.1, 0.15) is 0 Å². The van der Waals surface area contributed by atoms with Gasteiger partial charge in [0, 0.05) is 18.3 Å². The minimum atomic E-state index is 0.581. The van der Waals surface area contributed by atoms with E-state index in [4.69, 9.17) is 7.85 Å². The van der Waals surface area contributed by atoms with E-state index in [1.807, 2.05) is 0 Å². The minimum absolute atomic E-state index is 0.581. The van der Waals surface area contributed by atoms with E-state index in [1.54, 1.807) is 0 Å². The lowest BCUT2D eigenvalue weighted by Crippen LogP contribution is -2.30. The molecule has 1 rings (SSSR count). The van der Waals surface area contributed by atoms with Crippen LogP contribution in [-0.2, 0) is 0 Å². The second-order valence-corrected chi connectivity index (χ2v) is 5.77. The van der Waals surface area contributed by atoms with Crippen molar-refractivity contribution in [2.75, 3.05) is 11.4 Å². The van der Waals surface area contributed by atoms with Crippen molar-refractivity contribution >= 4 is 13.5 Å². The number of nitrogens with zero attached hydrogens (tertiary/aromatic N) is 1. The Morgan fingerprint density at radius 1 is 0.905 bits per heavy atom. The van der Waals surface area contributed by atoms with E-state index in [1.165, 1.54) is 44.2 Å². The van der Waals surface area contributed by atoms with Crippen molar-refractivity contribution in [1.82, 2.24) is 0 Å². The van der Waals surface area contributed by atoms with Crippen LogP contribution >= 0.6 is 0 Å². The third kappa shape index (κ3) is 10.5. The Labute approximate surface area is 134 Å². The molecule has 2 radical (unpaired) electrons. The molecule has 21 heavy (non-hydrogen) atoms. The summed E-state index contributed by atoms with van der Waals surface area (Å²) < 4.78 is 0. The maximum atomic E-state index is 5.34. The monoisotopic (exact) mass is 287 g/mol. The highest BCUT2D eigenvalue weighted by atomic mass is 15.1. The number of hydrogen-bond donors (Lipinski definition) is 0. The number of rotatable bonds is 9. The molecule has 0 aliphatic heterocycles. The van der Waals surface area contributed by atoms with Crippen LogP contribution in [0.5, 0.6) is 0 Å². The van der Waals surface area contributed by atoms with Gasteiger partial charge in [0.25, 0.3) is 0 Å². The Morgan fingerprint density at radius 2 is 1.48 bits per heavy atom. The first-order chi connectivity index (χ1) is 10.2. The fourth-order valence-electron chi connectivity index (χ4n) is 2.39. The van der Waals surface area contributed by atoms with Gasteiger partial charge < -0.3 is 4.90 Å². The topological polar surface area (TPSA) is 3.24 Å². The summed E-state index contributed by atoms with van der Waals surface area (Å²) in [7, 11) is 5.34. The second kappa shape index (κ2) is 14.0. The molecule has 0 saturated carbocycles. The van der Waals surface area contributed by atoms with Crippen molar-refractivity contribution in [2.45, 2.75) is 78.6 Å². The summed E-state index contributed by atoms with van der Waals surface area (Å²) in [6.45, 7) is 9.94. The summed E-state index contributed by atoms with van der Waals surface area (Å²) >= 11 is 0. The largest absolute Gasteiger partial charge is 0.369 e. The first kappa shape index (κ1) is 20.1. The summed E-state index contributed by atoms with van der Waals surface area (Å²) in [5.74, 6) is 0. The van der Waals surface area contributed by atoms with Crippen molar-refractivity contribution in [2.24, 2.45) is 0 Å². The van der Waals surface area contributed by atoms with E-state index in [0.717, 1.165) is 12.9 Å². The first-order valence-electron chi connectivity index (χ1n) is 8.69. The zero-order valence-corrected chi connectivity index (χ0v) is 14.6. The number of benzene rings is 1. The van der Waals surface area contributed by atoms with Crippen molar-refractivity contribution in [3.05, 3.63) is 30.3 Å². The van der Waals surface area contributed by atoms with Crippen molar-refractivity contribution in [3.63, 3.8) is 0 Å². The molecule has 0 amide bonds. The molecular formula is C19H34BN. The van der Waals surface area contributed by atoms with Crippen LogP contribution in [0.15, 0.2) is 30.3 Å². The van der Waals surface area contributed by atoms with Gasteiger partial charge in [-0.1, -0.05) is 70.0 Å². The van der Waals surface area contributed by atoms with Gasteiger partial charge in [-0.2, -0.15) is 0 Å². The highest BCUT2D eigenvalue weighted by Crippen LogP contribution is 2.15. The van der Waals surface area contributed by atoms with Gasteiger partial charge >= 0.3 is 0 Å². The number of para-hydroxylation sites is 1. The van der Waals surface area contributed by atoms with Crippen LogP contribution in [0.3, 0.4) is 0 Å². The van der Waals surface area contributed by atoms with Crippen LogP contribution in [0.25, 0.3) is 0 Å². The second-order valence-electron chi connectivity index (χ2n) is 5.77. The molecule has 0 spiro atoms. The Hall–Kier alpha value is -0.915. The molecule has 0 bridgehead atoms. The molecule has 0 N–H and O–H groups in total. The van der Waals surface area contributed by atoms with E-state index in [-0.39, 0.29) is 0 Å². The van der Waals surface area contributed by atoms with Crippen LogP contribution < -0.4 is 4.90 Å². The Bertz CT molecular complexity index is 305. The number of hydrogen-bond acceptors (Lipinski definition) is 1. The average molecular weight is 287 g/mol. The molecule has 0 unspecified atom stereocenters. The summed E-state index contributed by atoms with van der Waals surface area (Å²) in [6, 6.07) is 11.1. The number of unbranched alkanes of at least 4 members (excludes halogenated alkanes) is 5. The quantitative estimate of drug-likeness (QED) is 0.406. The molecule has 0 aromatic heterocycles. The van der Waals surface area contributed by atoms with Crippen molar-refractivity contribution in [3.8, 4) is 0 Å². The Balaban J connectivity index is 0.000000400.